The zero-order valence-electron chi connectivity index (χ0n) is 17.0. The number of methoxy groups -OCH3 is 2. The first-order valence-electron chi connectivity index (χ1n) is 9.62. The second-order valence-electron chi connectivity index (χ2n) is 6.84. The van der Waals surface area contributed by atoms with Crippen LogP contribution in [-0.4, -0.2) is 45.3 Å². The molecule has 0 saturated carbocycles. The topological polar surface area (TPSA) is 81.2 Å². The quantitative estimate of drug-likeness (QED) is 0.577. The van der Waals surface area contributed by atoms with Crippen molar-refractivity contribution in [3.63, 3.8) is 0 Å². The van der Waals surface area contributed by atoms with E-state index in [1.807, 2.05) is 31.2 Å². The Morgan fingerprint density at radius 2 is 2.00 bits per heavy atom. The largest absolute Gasteiger partial charge is 0.493 e. The Balaban J connectivity index is 1.78. The zero-order chi connectivity index (χ0) is 20.6. The van der Waals surface area contributed by atoms with Gasteiger partial charge >= 0.3 is 0 Å². The molecule has 7 nitrogen and oxygen atoms in total. The molecule has 1 heterocycles. The van der Waals surface area contributed by atoms with E-state index in [9.17, 15) is 4.79 Å². The number of rotatable bonds is 6. The first-order chi connectivity index (χ1) is 14.1. The Hall–Kier alpha value is -3.06. The number of hydrogen-bond acceptors (Lipinski definition) is 5. The number of nitrogens with zero attached hydrogens (tertiary/aromatic N) is 1. The molecule has 0 bridgehead atoms. The van der Waals surface area contributed by atoms with Crippen LogP contribution in [0.1, 0.15) is 28.8 Å². The molecule has 2 aromatic carbocycles. The molecule has 1 aliphatic heterocycles. The standard InChI is InChI=1S/C22H27N3O4/c1-15-6-4-7-16(12-15)21(26)25-22(23-14-18-8-5-11-29-18)24-17-9-10-19(27-2)20(13-17)28-3/h4,6-7,9-10,12-13,18H,5,8,11,14H2,1-3H3,(H2,23,24,25,26)/t18-/m0/s1. The highest BCUT2D eigenvalue weighted by atomic mass is 16.5. The van der Waals surface area contributed by atoms with Gasteiger partial charge in [0.2, 0.25) is 5.96 Å². The lowest BCUT2D eigenvalue weighted by Crippen LogP contribution is -2.36. The number of guanidine groups is 1. The number of amides is 1. The maximum Gasteiger partial charge on any atom is 0.257 e. The summed E-state index contributed by atoms with van der Waals surface area (Å²) in [5.41, 5.74) is 2.31. The van der Waals surface area contributed by atoms with Gasteiger partial charge in [-0.25, -0.2) is 4.99 Å². The molecule has 0 spiro atoms. The number of aliphatic imine (C=N–C) groups is 1. The summed E-state index contributed by atoms with van der Waals surface area (Å²) in [6.07, 6.45) is 2.08. The van der Waals surface area contributed by atoms with E-state index in [2.05, 4.69) is 15.6 Å². The number of carbonyl (C=O) groups excluding carboxylic acids is 1. The third-order valence-corrected chi connectivity index (χ3v) is 4.64. The van der Waals surface area contributed by atoms with Crippen LogP contribution in [0.15, 0.2) is 47.5 Å². The van der Waals surface area contributed by atoms with Crippen molar-refractivity contribution in [3.05, 3.63) is 53.6 Å². The average molecular weight is 397 g/mol. The molecule has 0 unspecified atom stereocenters. The summed E-state index contributed by atoms with van der Waals surface area (Å²) >= 11 is 0. The van der Waals surface area contributed by atoms with Crippen LogP contribution in [0.2, 0.25) is 0 Å². The van der Waals surface area contributed by atoms with Gasteiger partial charge < -0.3 is 19.5 Å². The number of nitrogens with one attached hydrogen (secondary N) is 2. The maximum absolute atomic E-state index is 12.7. The normalized spacial score (nSPS) is 16.4. The Morgan fingerprint density at radius 1 is 1.17 bits per heavy atom. The van der Waals surface area contributed by atoms with Gasteiger partial charge in [0.15, 0.2) is 11.5 Å². The molecule has 7 heteroatoms. The van der Waals surface area contributed by atoms with E-state index >= 15 is 0 Å². The van der Waals surface area contributed by atoms with E-state index in [0.717, 1.165) is 30.7 Å². The molecule has 29 heavy (non-hydrogen) atoms. The van der Waals surface area contributed by atoms with Crippen LogP contribution in [0.25, 0.3) is 0 Å². The molecule has 0 radical (unpaired) electrons. The van der Waals surface area contributed by atoms with Crippen LogP contribution in [0, 0.1) is 6.92 Å². The van der Waals surface area contributed by atoms with E-state index < -0.39 is 0 Å². The van der Waals surface area contributed by atoms with E-state index in [-0.39, 0.29) is 12.0 Å². The Bertz CT molecular complexity index is 876. The summed E-state index contributed by atoms with van der Waals surface area (Å²) in [6, 6.07) is 12.8. The van der Waals surface area contributed by atoms with Crippen molar-refractivity contribution in [1.29, 1.82) is 0 Å². The molecule has 0 aliphatic carbocycles. The molecular formula is C22H27N3O4. The SMILES string of the molecule is COc1ccc(NC(=NC[C@@H]2CCCO2)NC(=O)c2cccc(C)c2)cc1OC. The molecule has 2 aromatic rings. The molecule has 154 valence electrons. The number of hydrogen-bond donors (Lipinski definition) is 2. The minimum Gasteiger partial charge on any atom is -0.493 e. The van der Waals surface area contributed by atoms with Gasteiger partial charge in [0, 0.05) is 23.9 Å². The summed E-state index contributed by atoms with van der Waals surface area (Å²) in [5.74, 6) is 1.34. The summed E-state index contributed by atoms with van der Waals surface area (Å²) in [5, 5.41) is 6.04. The zero-order valence-corrected chi connectivity index (χ0v) is 17.0. The van der Waals surface area contributed by atoms with Crippen molar-refractivity contribution >= 4 is 17.6 Å². The summed E-state index contributed by atoms with van der Waals surface area (Å²) in [4.78, 5) is 17.3. The van der Waals surface area contributed by atoms with E-state index in [0.29, 0.717) is 29.6 Å². The highest BCUT2D eigenvalue weighted by molar-refractivity contribution is 6.10. The van der Waals surface area contributed by atoms with Crippen molar-refractivity contribution in [1.82, 2.24) is 5.32 Å². The molecule has 1 saturated heterocycles. The smallest absolute Gasteiger partial charge is 0.257 e. The molecule has 1 fully saturated rings. The van der Waals surface area contributed by atoms with Crippen molar-refractivity contribution in [3.8, 4) is 11.5 Å². The van der Waals surface area contributed by atoms with Crippen LogP contribution in [0.4, 0.5) is 5.69 Å². The van der Waals surface area contributed by atoms with Gasteiger partial charge in [-0.05, 0) is 44.0 Å². The maximum atomic E-state index is 12.7. The Morgan fingerprint density at radius 3 is 2.69 bits per heavy atom. The first kappa shape index (κ1) is 20.7. The second-order valence-corrected chi connectivity index (χ2v) is 6.84. The number of carbonyl (C=O) groups is 1. The third-order valence-electron chi connectivity index (χ3n) is 4.64. The molecule has 1 atom stereocenters. The Labute approximate surface area is 171 Å². The average Bonchev–Trinajstić information content (AvgIpc) is 3.25. The van der Waals surface area contributed by atoms with Crippen molar-refractivity contribution in [2.75, 3.05) is 32.7 Å². The van der Waals surface area contributed by atoms with Gasteiger partial charge in [0.25, 0.3) is 5.91 Å². The van der Waals surface area contributed by atoms with Gasteiger partial charge in [0.05, 0.1) is 26.9 Å². The molecule has 3 rings (SSSR count). The lowest BCUT2D eigenvalue weighted by atomic mass is 10.1. The van der Waals surface area contributed by atoms with Gasteiger partial charge in [-0.3, -0.25) is 10.1 Å². The molecular weight excluding hydrogens is 370 g/mol. The fraction of sp³-hybridized carbons (Fsp3) is 0.364. The van der Waals surface area contributed by atoms with Crippen molar-refractivity contribution in [2.45, 2.75) is 25.9 Å². The van der Waals surface area contributed by atoms with Crippen LogP contribution in [0.3, 0.4) is 0 Å². The third kappa shape index (κ3) is 5.71. The van der Waals surface area contributed by atoms with Crippen LogP contribution in [-0.2, 0) is 4.74 Å². The molecule has 2 N–H and O–H groups in total. The van der Waals surface area contributed by atoms with Crippen LogP contribution in [0.5, 0.6) is 11.5 Å². The number of benzene rings is 2. The number of anilines is 1. The molecule has 0 aromatic heterocycles. The van der Waals surface area contributed by atoms with E-state index in [1.54, 1.807) is 32.4 Å². The minimum atomic E-state index is -0.229. The second kappa shape index (κ2) is 9.93. The molecule has 1 amide bonds. The van der Waals surface area contributed by atoms with Crippen LogP contribution < -0.4 is 20.1 Å². The fourth-order valence-corrected chi connectivity index (χ4v) is 3.11. The lowest BCUT2D eigenvalue weighted by Gasteiger charge is -2.15. The Kier molecular flexibility index (Phi) is 7.08. The summed E-state index contributed by atoms with van der Waals surface area (Å²) in [7, 11) is 3.16. The highest BCUT2D eigenvalue weighted by Gasteiger charge is 2.16. The fourth-order valence-electron chi connectivity index (χ4n) is 3.11. The number of aryl methyl sites for hydroxylation is 1. The minimum absolute atomic E-state index is 0.0769. The number of ether oxygens (including phenoxy) is 3. The predicted molar refractivity (Wildman–Crippen MR) is 113 cm³/mol. The van der Waals surface area contributed by atoms with E-state index in [4.69, 9.17) is 14.2 Å². The predicted octanol–water partition coefficient (Wildman–Crippen LogP) is 3.39. The van der Waals surface area contributed by atoms with Gasteiger partial charge in [-0.2, -0.15) is 0 Å². The highest BCUT2D eigenvalue weighted by Crippen LogP contribution is 2.29. The van der Waals surface area contributed by atoms with E-state index in [1.165, 1.54) is 0 Å². The van der Waals surface area contributed by atoms with Crippen molar-refractivity contribution in [2.24, 2.45) is 4.99 Å². The van der Waals surface area contributed by atoms with Crippen LogP contribution >= 0.6 is 0 Å². The van der Waals surface area contributed by atoms with Crippen molar-refractivity contribution < 1.29 is 19.0 Å². The summed E-state index contributed by atoms with van der Waals surface area (Å²) < 4.78 is 16.3. The van der Waals surface area contributed by atoms with Gasteiger partial charge in [0.1, 0.15) is 0 Å². The van der Waals surface area contributed by atoms with Gasteiger partial charge in [-0.15, -0.1) is 0 Å². The summed E-state index contributed by atoms with van der Waals surface area (Å²) in [6.45, 7) is 3.18. The monoisotopic (exact) mass is 397 g/mol. The first-order valence-corrected chi connectivity index (χ1v) is 9.62. The lowest BCUT2D eigenvalue weighted by molar-refractivity contribution is 0.0975. The molecule has 1 aliphatic rings. The van der Waals surface area contributed by atoms with Gasteiger partial charge in [-0.1, -0.05) is 17.7 Å².